The normalized spacial score (nSPS) is 11.3. The largest absolute Gasteiger partial charge is 0.478 e. The summed E-state index contributed by atoms with van der Waals surface area (Å²) in [5.41, 5.74) is 2.03. The maximum atomic E-state index is 11.0. The van der Waals surface area contributed by atoms with Crippen molar-refractivity contribution in [3.8, 4) is 0 Å². The predicted molar refractivity (Wildman–Crippen MR) is 70.0 cm³/mol. The fraction of sp³-hybridized carbons (Fsp3) is 0.385. The van der Waals surface area contributed by atoms with Gasteiger partial charge in [-0.1, -0.05) is 0 Å². The predicted octanol–water partition coefficient (Wildman–Crippen LogP) is 1.60. The zero-order chi connectivity index (χ0) is 13.3. The molecule has 2 rings (SSSR count). The molecule has 0 saturated heterocycles. The van der Waals surface area contributed by atoms with Gasteiger partial charge in [0, 0.05) is 13.1 Å². The number of benzene rings is 1. The van der Waals surface area contributed by atoms with Crippen LogP contribution in [0.5, 0.6) is 0 Å². The van der Waals surface area contributed by atoms with Crippen LogP contribution in [-0.2, 0) is 6.54 Å². The van der Waals surface area contributed by atoms with E-state index in [-0.39, 0.29) is 0 Å². The first-order chi connectivity index (χ1) is 8.49. The third kappa shape index (κ3) is 2.36. The molecule has 0 atom stereocenters. The lowest BCUT2D eigenvalue weighted by Crippen LogP contribution is -2.19. The minimum atomic E-state index is -0.907. The van der Waals surface area contributed by atoms with Crippen LogP contribution in [0.15, 0.2) is 18.2 Å². The fourth-order valence-corrected chi connectivity index (χ4v) is 1.96. The Balaban J connectivity index is 2.46. The van der Waals surface area contributed by atoms with Crippen molar-refractivity contribution in [2.45, 2.75) is 13.5 Å². The van der Waals surface area contributed by atoms with Crippen LogP contribution < -0.4 is 0 Å². The van der Waals surface area contributed by atoms with Gasteiger partial charge in [0.2, 0.25) is 0 Å². The highest BCUT2D eigenvalue weighted by Gasteiger charge is 2.10. The summed E-state index contributed by atoms with van der Waals surface area (Å²) in [6.45, 7) is 3.64. The molecular weight excluding hydrogens is 230 g/mol. The number of carboxylic acids is 1. The van der Waals surface area contributed by atoms with Crippen LogP contribution in [0.1, 0.15) is 16.2 Å². The van der Waals surface area contributed by atoms with Gasteiger partial charge >= 0.3 is 5.97 Å². The molecule has 1 aromatic carbocycles. The molecule has 2 aromatic rings. The van der Waals surface area contributed by atoms with Gasteiger partial charge in [-0.15, -0.1) is 0 Å². The van der Waals surface area contributed by atoms with Crippen LogP contribution in [0.4, 0.5) is 0 Å². The van der Waals surface area contributed by atoms with Crippen molar-refractivity contribution in [3.05, 3.63) is 29.6 Å². The first kappa shape index (κ1) is 12.6. The zero-order valence-electron chi connectivity index (χ0n) is 10.8. The molecule has 0 aliphatic heterocycles. The number of aryl methyl sites for hydroxylation is 1. The second kappa shape index (κ2) is 4.78. The molecule has 5 heteroatoms. The average molecular weight is 247 g/mol. The van der Waals surface area contributed by atoms with E-state index in [0.29, 0.717) is 5.56 Å². The number of carboxylic acid groups (broad SMARTS) is 1. The molecule has 0 unspecified atom stereocenters. The van der Waals surface area contributed by atoms with Gasteiger partial charge in [-0.2, -0.15) is 0 Å². The van der Waals surface area contributed by atoms with Crippen molar-refractivity contribution in [3.63, 3.8) is 0 Å². The number of carbonyl (C=O) groups is 1. The number of imidazole rings is 1. The number of aromatic nitrogens is 2. The van der Waals surface area contributed by atoms with Crippen LogP contribution in [0.25, 0.3) is 11.0 Å². The lowest BCUT2D eigenvalue weighted by Gasteiger charge is -2.12. The van der Waals surface area contributed by atoms with Gasteiger partial charge in [-0.3, -0.25) is 0 Å². The molecular formula is C13H17N3O2. The number of likely N-dealkylation sites (N-methyl/N-ethyl adjacent to an activating group) is 1. The Morgan fingerprint density at radius 2 is 2.17 bits per heavy atom. The molecule has 0 spiro atoms. The molecule has 1 N–H and O–H groups in total. The van der Waals surface area contributed by atoms with E-state index in [1.807, 2.05) is 21.0 Å². The molecule has 1 aromatic heterocycles. The van der Waals surface area contributed by atoms with Crippen LogP contribution in [0.2, 0.25) is 0 Å². The maximum Gasteiger partial charge on any atom is 0.335 e. The summed E-state index contributed by atoms with van der Waals surface area (Å²) < 4.78 is 2.06. The Morgan fingerprint density at radius 1 is 1.44 bits per heavy atom. The van der Waals surface area contributed by atoms with E-state index >= 15 is 0 Å². The van der Waals surface area contributed by atoms with Gasteiger partial charge in [0.05, 0.1) is 16.6 Å². The summed E-state index contributed by atoms with van der Waals surface area (Å²) in [5, 5.41) is 9.02. The van der Waals surface area contributed by atoms with Crippen molar-refractivity contribution in [1.29, 1.82) is 0 Å². The Labute approximate surface area is 106 Å². The molecule has 0 amide bonds. The number of hydrogen-bond donors (Lipinski definition) is 1. The quantitative estimate of drug-likeness (QED) is 0.891. The number of aromatic carboxylic acids is 1. The minimum Gasteiger partial charge on any atom is -0.478 e. The van der Waals surface area contributed by atoms with Crippen LogP contribution in [0.3, 0.4) is 0 Å². The highest BCUT2D eigenvalue weighted by Crippen LogP contribution is 2.18. The van der Waals surface area contributed by atoms with Crippen molar-refractivity contribution in [1.82, 2.24) is 14.5 Å². The minimum absolute atomic E-state index is 0.300. The average Bonchev–Trinajstić information content (AvgIpc) is 2.60. The number of fused-ring (bicyclic) bond motifs is 1. The van der Waals surface area contributed by atoms with E-state index in [4.69, 9.17) is 5.11 Å². The summed E-state index contributed by atoms with van der Waals surface area (Å²) in [4.78, 5) is 17.5. The number of nitrogens with zero attached hydrogens (tertiary/aromatic N) is 3. The van der Waals surface area contributed by atoms with Gasteiger partial charge in [0.15, 0.2) is 0 Å². The van der Waals surface area contributed by atoms with Gasteiger partial charge in [-0.05, 0) is 39.2 Å². The molecule has 5 nitrogen and oxygen atoms in total. The first-order valence-electron chi connectivity index (χ1n) is 5.84. The topological polar surface area (TPSA) is 58.4 Å². The summed E-state index contributed by atoms with van der Waals surface area (Å²) in [7, 11) is 4.02. The van der Waals surface area contributed by atoms with Crippen molar-refractivity contribution < 1.29 is 9.90 Å². The molecule has 0 aliphatic rings. The number of rotatable bonds is 4. The smallest absolute Gasteiger partial charge is 0.335 e. The summed E-state index contributed by atoms with van der Waals surface area (Å²) in [6.07, 6.45) is 0. The lowest BCUT2D eigenvalue weighted by atomic mass is 10.2. The SMILES string of the molecule is Cc1nc2ccc(C(=O)O)cc2n1CCN(C)C. The van der Waals surface area contributed by atoms with Crippen molar-refractivity contribution in [2.75, 3.05) is 20.6 Å². The number of hydrogen-bond acceptors (Lipinski definition) is 3. The third-order valence-electron chi connectivity index (χ3n) is 2.96. The molecule has 0 fully saturated rings. The van der Waals surface area contributed by atoms with Crippen LogP contribution in [-0.4, -0.2) is 46.2 Å². The summed E-state index contributed by atoms with van der Waals surface area (Å²) >= 11 is 0. The summed E-state index contributed by atoms with van der Waals surface area (Å²) in [5.74, 6) is 0.00398. The van der Waals surface area contributed by atoms with Gasteiger partial charge in [-0.25, -0.2) is 9.78 Å². The van der Waals surface area contributed by atoms with E-state index in [9.17, 15) is 4.79 Å². The monoisotopic (exact) mass is 247 g/mol. The van der Waals surface area contributed by atoms with E-state index in [1.54, 1.807) is 18.2 Å². The molecule has 0 saturated carbocycles. The van der Waals surface area contributed by atoms with E-state index < -0.39 is 5.97 Å². The van der Waals surface area contributed by atoms with Gasteiger partial charge in [0.25, 0.3) is 0 Å². The third-order valence-corrected chi connectivity index (χ3v) is 2.96. The zero-order valence-corrected chi connectivity index (χ0v) is 10.8. The second-order valence-corrected chi connectivity index (χ2v) is 4.62. The second-order valence-electron chi connectivity index (χ2n) is 4.62. The van der Waals surface area contributed by atoms with Crippen molar-refractivity contribution >= 4 is 17.0 Å². The Hall–Kier alpha value is -1.88. The van der Waals surface area contributed by atoms with Crippen molar-refractivity contribution in [2.24, 2.45) is 0 Å². The molecule has 18 heavy (non-hydrogen) atoms. The van der Waals surface area contributed by atoms with E-state index in [0.717, 1.165) is 29.9 Å². The molecule has 96 valence electrons. The van der Waals surface area contributed by atoms with E-state index in [1.165, 1.54) is 0 Å². The standard InChI is InChI=1S/C13H17N3O2/c1-9-14-11-5-4-10(13(17)18)8-12(11)16(9)7-6-15(2)3/h4-5,8H,6-7H2,1-3H3,(H,17,18). The Morgan fingerprint density at radius 3 is 2.78 bits per heavy atom. The highest BCUT2D eigenvalue weighted by atomic mass is 16.4. The molecule has 1 heterocycles. The lowest BCUT2D eigenvalue weighted by molar-refractivity contribution is 0.0697. The highest BCUT2D eigenvalue weighted by molar-refractivity contribution is 5.92. The fourth-order valence-electron chi connectivity index (χ4n) is 1.96. The Bertz CT molecular complexity index is 587. The molecule has 0 bridgehead atoms. The van der Waals surface area contributed by atoms with Crippen LogP contribution in [0, 0.1) is 6.92 Å². The molecule has 0 radical (unpaired) electrons. The van der Waals surface area contributed by atoms with Crippen LogP contribution >= 0.6 is 0 Å². The Kier molecular flexibility index (Phi) is 3.34. The molecule has 0 aliphatic carbocycles. The summed E-state index contributed by atoms with van der Waals surface area (Å²) in [6, 6.07) is 5.04. The van der Waals surface area contributed by atoms with E-state index in [2.05, 4.69) is 14.5 Å². The van der Waals surface area contributed by atoms with Gasteiger partial charge in [0.1, 0.15) is 5.82 Å². The maximum absolute atomic E-state index is 11.0. The first-order valence-corrected chi connectivity index (χ1v) is 5.84. The van der Waals surface area contributed by atoms with Gasteiger partial charge < -0.3 is 14.6 Å².